The van der Waals surface area contributed by atoms with E-state index in [1.165, 1.54) is 5.70 Å². The highest BCUT2D eigenvalue weighted by atomic mass is 15.1. The lowest BCUT2D eigenvalue weighted by Gasteiger charge is -2.11. The summed E-state index contributed by atoms with van der Waals surface area (Å²) in [5.74, 6) is 0. The van der Waals surface area contributed by atoms with Crippen molar-refractivity contribution in [1.82, 2.24) is 4.90 Å². The first-order chi connectivity index (χ1) is 4.22. The Kier molecular flexibility index (Phi) is 3.76. The second-order valence-corrected chi connectivity index (χ2v) is 1.91. The predicted octanol–water partition coefficient (Wildman–Crippen LogP) is 1.50. The molecule has 0 heterocycles. The van der Waals surface area contributed by atoms with Crippen LogP contribution in [-0.4, -0.2) is 25.3 Å². The molecule has 0 saturated heterocycles. The van der Waals surface area contributed by atoms with Gasteiger partial charge in [0, 0.05) is 19.8 Å². The summed E-state index contributed by atoms with van der Waals surface area (Å²) in [4.78, 5) is 5.84. The largest absolute Gasteiger partial charge is 0.340 e. The van der Waals surface area contributed by atoms with E-state index in [1.54, 1.807) is 13.4 Å². The van der Waals surface area contributed by atoms with Gasteiger partial charge in [0.05, 0.1) is 6.34 Å². The number of hydrogen-bond acceptors (Lipinski definition) is 1. The van der Waals surface area contributed by atoms with Crippen LogP contribution in [-0.2, 0) is 0 Å². The number of hydrogen-bond donors (Lipinski definition) is 0. The summed E-state index contributed by atoms with van der Waals surface area (Å²) >= 11 is 0. The van der Waals surface area contributed by atoms with E-state index >= 15 is 0 Å². The minimum atomic E-state index is 1.21. The highest BCUT2D eigenvalue weighted by Crippen LogP contribution is 1.94. The lowest BCUT2D eigenvalue weighted by atomic mass is 10.4. The Morgan fingerprint density at radius 2 is 2.11 bits per heavy atom. The molecule has 0 bridgehead atoms. The van der Waals surface area contributed by atoms with Gasteiger partial charge in [-0.15, -0.1) is 0 Å². The van der Waals surface area contributed by atoms with Crippen molar-refractivity contribution in [3.8, 4) is 0 Å². The van der Waals surface area contributed by atoms with E-state index in [0.717, 1.165) is 0 Å². The molecule has 0 unspecified atom stereocenters. The lowest BCUT2D eigenvalue weighted by Crippen LogP contribution is -2.12. The zero-order valence-electron chi connectivity index (χ0n) is 6.55. The van der Waals surface area contributed by atoms with Crippen LogP contribution in [0.4, 0.5) is 0 Å². The average Bonchev–Trinajstić information content (AvgIpc) is 1.87. The van der Waals surface area contributed by atoms with Gasteiger partial charge >= 0.3 is 0 Å². The van der Waals surface area contributed by atoms with Crippen molar-refractivity contribution in [1.29, 1.82) is 0 Å². The molecule has 0 saturated carbocycles. The molecule has 0 atom stereocenters. The van der Waals surface area contributed by atoms with E-state index in [1.807, 2.05) is 31.9 Å². The van der Waals surface area contributed by atoms with E-state index in [-0.39, 0.29) is 0 Å². The molecule has 0 aliphatic rings. The summed E-state index contributed by atoms with van der Waals surface area (Å²) in [5, 5.41) is 0. The fraction of sp³-hybridized carbons (Fsp3) is 0.571. The zero-order valence-corrected chi connectivity index (χ0v) is 6.55. The van der Waals surface area contributed by atoms with Crippen molar-refractivity contribution in [2.75, 3.05) is 14.1 Å². The molecule has 52 valence electrons. The van der Waals surface area contributed by atoms with Gasteiger partial charge in [-0.05, 0) is 13.8 Å². The van der Waals surface area contributed by atoms with Gasteiger partial charge in [-0.3, -0.25) is 4.99 Å². The van der Waals surface area contributed by atoms with Crippen LogP contribution in [0.5, 0.6) is 0 Å². The van der Waals surface area contributed by atoms with Crippen LogP contribution in [0, 0.1) is 0 Å². The Balaban J connectivity index is 3.88. The smallest absolute Gasteiger partial charge is 0.0885 e. The van der Waals surface area contributed by atoms with E-state index in [2.05, 4.69) is 4.99 Å². The minimum Gasteiger partial charge on any atom is -0.340 e. The molecular formula is C7H14N2. The summed E-state index contributed by atoms with van der Waals surface area (Å²) in [6, 6.07) is 0. The van der Waals surface area contributed by atoms with Crippen LogP contribution in [0.3, 0.4) is 0 Å². The molecule has 0 spiro atoms. The molecule has 9 heavy (non-hydrogen) atoms. The van der Waals surface area contributed by atoms with Gasteiger partial charge in [0.15, 0.2) is 0 Å². The van der Waals surface area contributed by atoms with Crippen LogP contribution in [0.15, 0.2) is 16.8 Å². The van der Waals surface area contributed by atoms with Crippen molar-refractivity contribution < 1.29 is 0 Å². The molecule has 0 aliphatic carbocycles. The predicted molar refractivity (Wildman–Crippen MR) is 41.6 cm³/mol. The normalized spacial score (nSPS) is 12.7. The van der Waals surface area contributed by atoms with Crippen LogP contribution < -0.4 is 0 Å². The highest BCUT2D eigenvalue weighted by Gasteiger charge is 1.88. The van der Waals surface area contributed by atoms with Gasteiger partial charge in [-0.1, -0.05) is 6.08 Å². The average molecular weight is 126 g/mol. The summed E-state index contributed by atoms with van der Waals surface area (Å²) in [6.07, 6.45) is 3.83. The molecule has 2 heteroatoms. The molecule has 0 aromatic carbocycles. The van der Waals surface area contributed by atoms with E-state index in [0.29, 0.717) is 0 Å². The number of nitrogens with zero attached hydrogens (tertiary/aromatic N) is 2. The van der Waals surface area contributed by atoms with Crippen LogP contribution in [0.2, 0.25) is 0 Å². The van der Waals surface area contributed by atoms with Gasteiger partial charge < -0.3 is 4.90 Å². The molecule has 0 N–H and O–H groups in total. The first-order valence-electron chi connectivity index (χ1n) is 3.00. The maximum absolute atomic E-state index is 3.86. The van der Waals surface area contributed by atoms with Crippen molar-refractivity contribution in [3.63, 3.8) is 0 Å². The minimum absolute atomic E-state index is 1.21. The van der Waals surface area contributed by atoms with Gasteiger partial charge in [0.25, 0.3) is 0 Å². The molecule has 0 aromatic rings. The van der Waals surface area contributed by atoms with Crippen molar-refractivity contribution in [3.05, 3.63) is 11.8 Å². The van der Waals surface area contributed by atoms with Gasteiger partial charge in [-0.2, -0.15) is 0 Å². The first-order valence-corrected chi connectivity index (χ1v) is 3.00. The van der Waals surface area contributed by atoms with Crippen LogP contribution in [0.1, 0.15) is 13.8 Å². The second-order valence-electron chi connectivity index (χ2n) is 1.91. The number of allylic oxidation sites excluding steroid dienone is 2. The summed E-state index contributed by atoms with van der Waals surface area (Å²) in [6.45, 7) is 4.05. The van der Waals surface area contributed by atoms with E-state index in [4.69, 9.17) is 0 Å². The maximum Gasteiger partial charge on any atom is 0.0885 e. The third-order valence-corrected chi connectivity index (χ3v) is 1.26. The lowest BCUT2D eigenvalue weighted by molar-refractivity contribution is 0.643. The van der Waals surface area contributed by atoms with Crippen LogP contribution in [0.25, 0.3) is 0 Å². The molecule has 0 amide bonds. The molecule has 0 radical (unpaired) electrons. The molecule has 0 rings (SSSR count). The zero-order chi connectivity index (χ0) is 7.28. The second kappa shape index (κ2) is 4.13. The summed E-state index contributed by atoms with van der Waals surface area (Å²) < 4.78 is 0. The van der Waals surface area contributed by atoms with Crippen molar-refractivity contribution >= 4 is 6.34 Å². The Hall–Kier alpha value is -0.790. The fourth-order valence-electron chi connectivity index (χ4n) is 0.468. The van der Waals surface area contributed by atoms with Gasteiger partial charge in [0.2, 0.25) is 0 Å². The monoisotopic (exact) mass is 126 g/mol. The molecule has 0 fully saturated rings. The van der Waals surface area contributed by atoms with Gasteiger partial charge in [0.1, 0.15) is 0 Å². The molecular weight excluding hydrogens is 112 g/mol. The Labute approximate surface area is 56.9 Å². The van der Waals surface area contributed by atoms with Crippen LogP contribution >= 0.6 is 0 Å². The first kappa shape index (κ1) is 8.21. The topological polar surface area (TPSA) is 15.6 Å². The number of aliphatic imine (C=N–C) groups is 1. The quantitative estimate of drug-likeness (QED) is 0.404. The maximum atomic E-state index is 3.86. The third kappa shape index (κ3) is 2.90. The Bertz CT molecular complexity index is 125. The molecule has 0 aromatic heterocycles. The summed E-state index contributed by atoms with van der Waals surface area (Å²) in [7, 11) is 3.74. The third-order valence-electron chi connectivity index (χ3n) is 1.26. The van der Waals surface area contributed by atoms with E-state index < -0.39 is 0 Å². The van der Waals surface area contributed by atoms with Crippen molar-refractivity contribution in [2.24, 2.45) is 4.99 Å². The Morgan fingerprint density at radius 3 is 2.44 bits per heavy atom. The van der Waals surface area contributed by atoms with Crippen molar-refractivity contribution in [2.45, 2.75) is 13.8 Å². The SMILES string of the molecule is C/C=C(\C)N(C)C=NC. The fourth-order valence-corrected chi connectivity index (χ4v) is 0.468. The van der Waals surface area contributed by atoms with Gasteiger partial charge in [-0.25, -0.2) is 0 Å². The Morgan fingerprint density at radius 1 is 1.56 bits per heavy atom. The summed E-state index contributed by atoms with van der Waals surface area (Å²) in [5.41, 5.74) is 1.21. The number of rotatable bonds is 2. The standard InChI is InChI=1S/C7H14N2/c1-5-7(2)9(4)6-8-3/h5-6H,1-4H3/b7-5+,8-6?. The molecule has 0 aliphatic heterocycles. The van der Waals surface area contributed by atoms with E-state index in [9.17, 15) is 0 Å². The molecule has 2 nitrogen and oxygen atoms in total. The highest BCUT2D eigenvalue weighted by molar-refractivity contribution is 5.56.